The molecule has 2 bridgehead atoms. The first kappa shape index (κ1) is 20.0. The molecule has 1 aromatic carbocycles. The summed E-state index contributed by atoms with van der Waals surface area (Å²) in [5, 5.41) is 18.1. The quantitative estimate of drug-likeness (QED) is 0.557. The third-order valence-electron chi connectivity index (χ3n) is 5.36. The summed E-state index contributed by atoms with van der Waals surface area (Å²) >= 11 is 0. The molecular formula is C20H17FN8O2S. The number of anilines is 1. The van der Waals surface area contributed by atoms with Crippen LogP contribution < -0.4 is 10.5 Å². The third kappa shape index (κ3) is 2.89. The molecule has 0 amide bonds. The first-order chi connectivity index (χ1) is 15.3. The van der Waals surface area contributed by atoms with E-state index in [1.54, 1.807) is 20.0 Å². The summed E-state index contributed by atoms with van der Waals surface area (Å²) < 4.78 is 41.1. The highest BCUT2D eigenvalue weighted by atomic mass is 32.2. The van der Waals surface area contributed by atoms with Crippen LogP contribution in [0.4, 0.5) is 10.2 Å². The zero-order valence-electron chi connectivity index (χ0n) is 17.1. The Morgan fingerprint density at radius 1 is 1.38 bits per heavy atom. The number of aromatic nitrogens is 3. The predicted octanol–water partition coefficient (Wildman–Crippen LogP) is 2.73. The van der Waals surface area contributed by atoms with Gasteiger partial charge in [-0.1, -0.05) is 4.47 Å². The molecule has 3 aromatic rings. The van der Waals surface area contributed by atoms with Gasteiger partial charge in [-0.05, 0) is 31.2 Å². The Morgan fingerprint density at radius 3 is 2.97 bits per heavy atom. The number of hydrogen-bond donors (Lipinski definition) is 1. The maximum Gasteiger partial charge on any atom is 0.185 e. The van der Waals surface area contributed by atoms with Gasteiger partial charge in [0.25, 0.3) is 0 Å². The molecule has 0 aliphatic carbocycles. The lowest BCUT2D eigenvalue weighted by Crippen LogP contribution is -2.28. The molecule has 1 unspecified atom stereocenters. The molecule has 10 nitrogen and oxygen atoms in total. The highest BCUT2D eigenvalue weighted by Gasteiger charge is 2.32. The van der Waals surface area contributed by atoms with E-state index in [0.29, 0.717) is 28.1 Å². The van der Waals surface area contributed by atoms with Crippen molar-refractivity contribution in [1.82, 2.24) is 19.1 Å². The van der Waals surface area contributed by atoms with E-state index < -0.39 is 21.8 Å². The van der Waals surface area contributed by atoms with E-state index in [4.69, 9.17) is 10.5 Å². The highest BCUT2D eigenvalue weighted by Crippen LogP contribution is 2.38. The van der Waals surface area contributed by atoms with Crippen LogP contribution in [0, 0.1) is 17.1 Å². The van der Waals surface area contributed by atoms with Crippen LogP contribution in [0.3, 0.4) is 0 Å². The van der Waals surface area contributed by atoms with Gasteiger partial charge in [-0.25, -0.2) is 13.6 Å². The van der Waals surface area contributed by atoms with Crippen molar-refractivity contribution in [2.45, 2.75) is 24.5 Å². The number of fused-ring (bicyclic) bond motifs is 7. The number of nitriles is 1. The Labute approximate surface area is 183 Å². The van der Waals surface area contributed by atoms with Crippen LogP contribution in [0.1, 0.15) is 30.0 Å². The lowest BCUT2D eigenvalue weighted by molar-refractivity contribution is 0.224. The van der Waals surface area contributed by atoms with Gasteiger partial charge in [-0.15, -0.1) is 5.10 Å². The SMILES string of the molecule is C[C@H]1Oc2cc(cnc2N)-c2c(nn(C)c2C#N)CN2C=NN=S2(=O)c2ccc(F)cc21. The molecule has 2 N–H and O–H groups in total. The Balaban J connectivity index is 1.82. The van der Waals surface area contributed by atoms with Crippen molar-refractivity contribution in [3.05, 3.63) is 53.2 Å². The fourth-order valence-electron chi connectivity index (χ4n) is 3.84. The molecule has 2 aromatic heterocycles. The number of aryl methyl sites for hydroxylation is 1. The van der Waals surface area contributed by atoms with Crippen molar-refractivity contribution in [3.63, 3.8) is 0 Å². The van der Waals surface area contributed by atoms with Crippen molar-refractivity contribution >= 4 is 22.1 Å². The van der Waals surface area contributed by atoms with Gasteiger partial charge in [0, 0.05) is 29.9 Å². The number of benzene rings is 1. The second-order valence-corrected chi connectivity index (χ2v) is 9.41. The molecule has 12 heteroatoms. The second-order valence-electron chi connectivity index (χ2n) is 7.34. The van der Waals surface area contributed by atoms with Crippen molar-refractivity contribution in [2.75, 3.05) is 5.73 Å². The van der Waals surface area contributed by atoms with Crippen LogP contribution in [-0.4, -0.2) is 29.6 Å². The van der Waals surface area contributed by atoms with Gasteiger partial charge in [0.2, 0.25) is 0 Å². The van der Waals surface area contributed by atoms with E-state index in [-0.39, 0.29) is 23.0 Å². The highest BCUT2D eigenvalue weighted by molar-refractivity contribution is 7.92. The number of ether oxygens (including phenoxy) is 1. The van der Waals surface area contributed by atoms with Gasteiger partial charge < -0.3 is 10.5 Å². The zero-order valence-corrected chi connectivity index (χ0v) is 17.9. The smallest absolute Gasteiger partial charge is 0.185 e. The Hall–Kier alpha value is -3.98. The Bertz CT molecular complexity index is 1460. The molecule has 32 heavy (non-hydrogen) atoms. The van der Waals surface area contributed by atoms with Crippen LogP contribution in [0.2, 0.25) is 0 Å². The largest absolute Gasteiger partial charge is 0.482 e. The molecule has 5 rings (SSSR count). The summed E-state index contributed by atoms with van der Waals surface area (Å²) in [7, 11) is -1.62. The molecule has 162 valence electrons. The minimum absolute atomic E-state index is 0.0441. The van der Waals surface area contributed by atoms with Gasteiger partial charge in [0.05, 0.1) is 17.1 Å². The predicted molar refractivity (Wildman–Crippen MR) is 114 cm³/mol. The molecule has 2 aliphatic rings. The topological polar surface area (TPSA) is 135 Å². The average Bonchev–Trinajstić information content (AvgIpc) is 3.28. The summed E-state index contributed by atoms with van der Waals surface area (Å²) in [5.41, 5.74) is 8.22. The first-order valence-electron chi connectivity index (χ1n) is 9.56. The van der Waals surface area contributed by atoms with Gasteiger partial charge in [0.1, 0.15) is 30.0 Å². The number of pyridine rings is 1. The van der Waals surface area contributed by atoms with Crippen molar-refractivity contribution in [3.8, 4) is 22.9 Å². The normalized spacial score (nSPS) is 21.2. The molecule has 0 radical (unpaired) electrons. The Kier molecular flexibility index (Phi) is 4.38. The summed E-state index contributed by atoms with van der Waals surface area (Å²) in [6, 6.07) is 7.71. The summed E-state index contributed by atoms with van der Waals surface area (Å²) in [5.74, 6) is -0.138. The summed E-state index contributed by atoms with van der Waals surface area (Å²) in [4.78, 5) is 4.49. The van der Waals surface area contributed by atoms with E-state index in [9.17, 15) is 13.9 Å². The van der Waals surface area contributed by atoms with E-state index >= 15 is 0 Å². The second kappa shape index (κ2) is 7.03. The first-order valence-corrected chi connectivity index (χ1v) is 11.0. The van der Waals surface area contributed by atoms with E-state index in [0.717, 1.165) is 0 Å². The monoisotopic (exact) mass is 452 g/mol. The third-order valence-corrected chi connectivity index (χ3v) is 7.48. The molecule has 0 saturated heterocycles. The average molecular weight is 452 g/mol. The summed E-state index contributed by atoms with van der Waals surface area (Å²) in [6.07, 6.45) is 2.14. The van der Waals surface area contributed by atoms with Gasteiger partial charge in [-0.3, -0.25) is 8.99 Å². The van der Waals surface area contributed by atoms with E-state index in [2.05, 4.69) is 25.7 Å². The number of nitrogens with two attached hydrogens (primary N) is 1. The maximum absolute atomic E-state index is 14.2. The number of nitrogens with zero attached hydrogens (tertiary/aromatic N) is 7. The van der Waals surface area contributed by atoms with Crippen molar-refractivity contribution in [1.29, 1.82) is 5.26 Å². The molecule has 0 fully saturated rings. The fraction of sp³-hybridized carbons (Fsp3) is 0.200. The van der Waals surface area contributed by atoms with Gasteiger partial charge in [0.15, 0.2) is 21.5 Å². The number of hydrogen-bond acceptors (Lipinski definition) is 8. The molecule has 2 atom stereocenters. The molecule has 2 aliphatic heterocycles. The number of nitrogen functional groups attached to an aromatic ring is 1. The van der Waals surface area contributed by atoms with Crippen LogP contribution in [0.5, 0.6) is 5.75 Å². The fourth-order valence-corrected chi connectivity index (χ4v) is 5.69. The van der Waals surface area contributed by atoms with Crippen LogP contribution >= 0.6 is 0 Å². The Morgan fingerprint density at radius 2 is 2.19 bits per heavy atom. The number of halogens is 1. The number of rotatable bonds is 0. The van der Waals surface area contributed by atoms with Crippen LogP contribution in [0.25, 0.3) is 11.1 Å². The van der Waals surface area contributed by atoms with Crippen molar-refractivity contribution < 1.29 is 13.3 Å². The lowest BCUT2D eigenvalue weighted by atomic mass is 10.0. The molecular weight excluding hydrogens is 435 g/mol. The van der Waals surface area contributed by atoms with Crippen LogP contribution in [0.15, 0.2) is 44.9 Å². The molecule has 0 saturated carbocycles. The van der Waals surface area contributed by atoms with E-state index in [1.165, 1.54) is 39.7 Å². The van der Waals surface area contributed by atoms with Gasteiger partial charge in [-0.2, -0.15) is 10.4 Å². The molecule has 0 spiro atoms. The lowest BCUT2D eigenvalue weighted by Gasteiger charge is -2.25. The maximum atomic E-state index is 14.2. The minimum atomic E-state index is -3.27. The van der Waals surface area contributed by atoms with Crippen LogP contribution in [-0.2, 0) is 23.5 Å². The van der Waals surface area contributed by atoms with Crippen molar-refractivity contribution in [2.24, 2.45) is 16.6 Å². The zero-order chi connectivity index (χ0) is 22.6. The summed E-state index contributed by atoms with van der Waals surface area (Å²) in [6.45, 7) is 1.73. The van der Waals surface area contributed by atoms with E-state index in [1.807, 2.05) is 0 Å². The molecule has 4 heterocycles. The minimum Gasteiger partial charge on any atom is -0.482 e. The van der Waals surface area contributed by atoms with Gasteiger partial charge >= 0.3 is 0 Å². The standard InChI is InChI=1S/C20H17FN8O2S/c1-11-14-6-13(21)3-4-18(14)32(30)27-25-10-29(32)9-15-19(16(7-22)28(2)26-15)12-5-17(31-11)20(23)24-8-12/h3-6,8,10-11H,9H2,1-2H3,(H2,23,24)/t11-,32?/m1/s1.